The minimum atomic E-state index is -5.04. The molecule has 4 nitrogen and oxygen atoms in total. The fourth-order valence-electron chi connectivity index (χ4n) is 1.53. The Bertz CT molecular complexity index is 460. The van der Waals surface area contributed by atoms with Gasteiger partial charge in [-0.3, -0.25) is 4.79 Å². The zero-order chi connectivity index (χ0) is 15.2. The van der Waals surface area contributed by atoms with Gasteiger partial charge in [0.2, 0.25) is 0 Å². The van der Waals surface area contributed by atoms with Crippen LogP contribution in [0.5, 0.6) is 0 Å². The highest BCUT2D eigenvalue weighted by Gasteiger charge is 2.41. The van der Waals surface area contributed by atoms with Crippen molar-refractivity contribution < 1.29 is 27.5 Å². The maximum atomic E-state index is 12.2. The van der Waals surface area contributed by atoms with Crippen molar-refractivity contribution in [1.29, 1.82) is 0 Å². The van der Waals surface area contributed by atoms with Gasteiger partial charge in [-0.25, -0.2) is 4.79 Å². The second kappa shape index (κ2) is 6.93. The minimum absolute atomic E-state index is 0.0199. The molecular weight excluding hydrogens is 275 g/mol. The van der Waals surface area contributed by atoms with Crippen molar-refractivity contribution in [3.8, 4) is 0 Å². The fraction of sp³-hybridized carbons (Fsp3) is 0.385. The number of hydrogen-bond donors (Lipinski definition) is 1. The molecule has 0 aromatic heterocycles. The van der Waals surface area contributed by atoms with Gasteiger partial charge >= 0.3 is 18.1 Å². The van der Waals surface area contributed by atoms with E-state index in [0.29, 0.717) is 5.56 Å². The maximum Gasteiger partial charge on any atom is 0.471 e. The summed E-state index contributed by atoms with van der Waals surface area (Å²) in [5.74, 6) is -3.06. The number of benzene rings is 1. The molecule has 0 aliphatic carbocycles. The summed E-state index contributed by atoms with van der Waals surface area (Å²) in [5, 5.41) is 1.65. The third-order valence-electron chi connectivity index (χ3n) is 2.42. The van der Waals surface area contributed by atoms with E-state index in [4.69, 9.17) is 0 Å². The molecule has 1 aromatic rings. The van der Waals surface area contributed by atoms with E-state index in [9.17, 15) is 22.8 Å². The summed E-state index contributed by atoms with van der Waals surface area (Å²) < 4.78 is 41.4. The molecule has 1 unspecified atom stereocenters. The monoisotopic (exact) mass is 289 g/mol. The molecule has 1 rings (SSSR count). The maximum absolute atomic E-state index is 12.2. The number of halogens is 3. The smallest absolute Gasteiger partial charge is 0.464 e. The summed E-state index contributed by atoms with van der Waals surface area (Å²) in [4.78, 5) is 22.5. The van der Waals surface area contributed by atoms with Crippen molar-refractivity contribution >= 4 is 11.9 Å². The number of carbonyl (C=O) groups excluding carboxylic acids is 2. The summed E-state index contributed by atoms with van der Waals surface area (Å²) in [7, 11) is 0. The van der Waals surface area contributed by atoms with E-state index in [1.54, 1.807) is 35.6 Å². The van der Waals surface area contributed by atoms with Gasteiger partial charge < -0.3 is 10.1 Å². The number of esters is 1. The van der Waals surface area contributed by atoms with Crippen LogP contribution in [0.15, 0.2) is 30.3 Å². The van der Waals surface area contributed by atoms with Crippen molar-refractivity contribution in [3.63, 3.8) is 0 Å². The molecule has 0 radical (unpaired) electrons. The van der Waals surface area contributed by atoms with Crippen LogP contribution in [0.4, 0.5) is 13.2 Å². The fourth-order valence-corrected chi connectivity index (χ4v) is 1.53. The molecule has 0 saturated heterocycles. The van der Waals surface area contributed by atoms with Crippen LogP contribution < -0.4 is 5.32 Å². The molecule has 1 amide bonds. The van der Waals surface area contributed by atoms with Gasteiger partial charge in [0, 0.05) is 6.42 Å². The first-order chi connectivity index (χ1) is 9.34. The van der Waals surface area contributed by atoms with Crippen molar-refractivity contribution in [2.24, 2.45) is 0 Å². The summed E-state index contributed by atoms with van der Waals surface area (Å²) in [6, 6.07) is 7.02. The Kier molecular flexibility index (Phi) is 5.54. The predicted octanol–water partition coefficient (Wildman–Crippen LogP) is 1.84. The lowest BCUT2D eigenvalue weighted by molar-refractivity contribution is -0.175. The third kappa shape index (κ3) is 4.91. The van der Waals surface area contributed by atoms with Crippen molar-refractivity contribution in [2.45, 2.75) is 25.6 Å². The second-order valence-corrected chi connectivity index (χ2v) is 3.97. The Morgan fingerprint density at radius 2 is 1.85 bits per heavy atom. The van der Waals surface area contributed by atoms with Crippen molar-refractivity contribution in [1.82, 2.24) is 5.32 Å². The Morgan fingerprint density at radius 3 is 2.35 bits per heavy atom. The van der Waals surface area contributed by atoms with E-state index < -0.39 is 24.1 Å². The lowest BCUT2D eigenvalue weighted by atomic mass is 10.1. The highest BCUT2D eigenvalue weighted by molar-refractivity contribution is 5.87. The lowest BCUT2D eigenvalue weighted by Crippen LogP contribution is -2.48. The topological polar surface area (TPSA) is 55.4 Å². The van der Waals surface area contributed by atoms with E-state index in [0.717, 1.165) is 0 Å². The molecule has 110 valence electrons. The number of hydrogen-bond acceptors (Lipinski definition) is 3. The number of alkyl halides is 3. The summed E-state index contributed by atoms with van der Waals surface area (Å²) in [5.41, 5.74) is 0.619. The molecule has 0 fully saturated rings. The molecule has 0 heterocycles. The molecule has 0 aliphatic rings. The van der Waals surface area contributed by atoms with E-state index in [2.05, 4.69) is 4.74 Å². The molecule has 0 bridgehead atoms. The van der Waals surface area contributed by atoms with Crippen LogP contribution in [0.3, 0.4) is 0 Å². The first-order valence-electron chi connectivity index (χ1n) is 5.92. The first kappa shape index (κ1) is 16.0. The van der Waals surface area contributed by atoms with Gasteiger partial charge in [0.25, 0.3) is 0 Å². The van der Waals surface area contributed by atoms with Crippen molar-refractivity contribution in [3.05, 3.63) is 35.9 Å². The molecule has 1 atom stereocenters. The summed E-state index contributed by atoms with van der Waals surface area (Å²) >= 11 is 0. The van der Waals surface area contributed by atoms with Gasteiger partial charge in [0.05, 0.1) is 6.61 Å². The SMILES string of the molecule is CCOC(=O)C(Cc1ccccc1)NC(=O)C(F)(F)F. The van der Waals surface area contributed by atoms with Crippen LogP contribution in [-0.2, 0) is 20.7 Å². The van der Waals surface area contributed by atoms with Crippen LogP contribution >= 0.6 is 0 Å². The average Bonchev–Trinajstić information content (AvgIpc) is 2.38. The minimum Gasteiger partial charge on any atom is -0.464 e. The number of amides is 1. The molecule has 0 saturated carbocycles. The Labute approximate surface area is 113 Å². The molecular formula is C13H14F3NO3. The quantitative estimate of drug-likeness (QED) is 0.842. The normalized spacial score (nSPS) is 12.6. The van der Waals surface area contributed by atoms with Crippen LogP contribution in [-0.4, -0.2) is 30.7 Å². The predicted molar refractivity (Wildman–Crippen MR) is 64.8 cm³/mol. The molecule has 0 spiro atoms. The van der Waals surface area contributed by atoms with Gasteiger partial charge in [-0.1, -0.05) is 30.3 Å². The van der Waals surface area contributed by atoms with E-state index >= 15 is 0 Å². The largest absolute Gasteiger partial charge is 0.471 e. The number of ether oxygens (including phenoxy) is 1. The van der Waals surface area contributed by atoms with Crippen LogP contribution in [0.25, 0.3) is 0 Å². The van der Waals surface area contributed by atoms with E-state index in [1.165, 1.54) is 6.92 Å². The molecule has 20 heavy (non-hydrogen) atoms. The zero-order valence-electron chi connectivity index (χ0n) is 10.7. The van der Waals surface area contributed by atoms with E-state index in [1.807, 2.05) is 0 Å². The van der Waals surface area contributed by atoms with Crippen LogP contribution in [0.1, 0.15) is 12.5 Å². The molecule has 0 aliphatic heterocycles. The molecule has 1 N–H and O–H groups in total. The third-order valence-corrected chi connectivity index (χ3v) is 2.42. The standard InChI is InChI=1S/C13H14F3NO3/c1-2-20-11(18)10(17-12(19)13(14,15)16)8-9-6-4-3-5-7-9/h3-7,10H,2,8H2,1H3,(H,17,19). The summed E-state index contributed by atoms with van der Waals surface area (Å²) in [6.45, 7) is 1.55. The first-order valence-corrected chi connectivity index (χ1v) is 5.92. The van der Waals surface area contributed by atoms with Gasteiger partial charge in [0.15, 0.2) is 0 Å². The van der Waals surface area contributed by atoms with Crippen molar-refractivity contribution in [2.75, 3.05) is 6.61 Å². The highest BCUT2D eigenvalue weighted by Crippen LogP contribution is 2.15. The zero-order valence-corrected chi connectivity index (χ0v) is 10.7. The van der Waals surface area contributed by atoms with E-state index in [-0.39, 0.29) is 13.0 Å². The molecule has 1 aromatic carbocycles. The van der Waals surface area contributed by atoms with Gasteiger partial charge in [-0.2, -0.15) is 13.2 Å². The molecule has 7 heteroatoms. The Hall–Kier alpha value is -2.05. The van der Waals surface area contributed by atoms with Gasteiger partial charge in [0.1, 0.15) is 6.04 Å². The van der Waals surface area contributed by atoms with Crippen LogP contribution in [0.2, 0.25) is 0 Å². The number of carbonyl (C=O) groups is 2. The average molecular weight is 289 g/mol. The lowest BCUT2D eigenvalue weighted by Gasteiger charge is -2.18. The highest BCUT2D eigenvalue weighted by atomic mass is 19.4. The Balaban J connectivity index is 2.81. The Morgan fingerprint density at radius 1 is 1.25 bits per heavy atom. The number of nitrogens with one attached hydrogen (secondary N) is 1. The van der Waals surface area contributed by atoms with Gasteiger partial charge in [-0.15, -0.1) is 0 Å². The number of rotatable bonds is 5. The summed E-state index contributed by atoms with van der Waals surface area (Å²) in [6.07, 6.45) is -5.11. The van der Waals surface area contributed by atoms with Crippen LogP contribution in [0, 0.1) is 0 Å². The second-order valence-electron chi connectivity index (χ2n) is 3.97. The van der Waals surface area contributed by atoms with Gasteiger partial charge in [-0.05, 0) is 12.5 Å².